The van der Waals surface area contributed by atoms with E-state index >= 15 is 0 Å². The zero-order valence-electron chi connectivity index (χ0n) is 12.3. The van der Waals surface area contributed by atoms with Gasteiger partial charge in [0.1, 0.15) is 0 Å². The summed E-state index contributed by atoms with van der Waals surface area (Å²) in [4.78, 5) is 76.2. The predicted octanol–water partition coefficient (Wildman–Crippen LogP) is -6.35. The molecule has 0 aliphatic carbocycles. The maximum atomic E-state index is 9.10. The Kier molecular flexibility index (Phi) is 23.4. The van der Waals surface area contributed by atoms with Crippen LogP contribution in [0.15, 0.2) is 0 Å². The molecule has 0 fully saturated rings. The summed E-state index contributed by atoms with van der Waals surface area (Å²) < 4.78 is 8.88. The maximum Gasteiger partial charge on any atom is 1.00 e. The largest absolute Gasteiger partial charge is 1.00 e. The fourth-order valence-electron chi connectivity index (χ4n) is 0. The molecule has 0 spiro atoms. The molecule has 18 heteroatoms. The average Bonchev–Trinajstić information content (AvgIpc) is 2.27. The van der Waals surface area contributed by atoms with E-state index in [1.807, 2.05) is 0 Å². The molecule has 0 aromatic heterocycles. The summed E-state index contributed by atoms with van der Waals surface area (Å²) in [5, 5.41) is 44.3. The molecule has 0 aliphatic rings. The van der Waals surface area contributed by atoms with Crippen LogP contribution in [0, 0.1) is 0 Å². The first-order valence-corrected chi connectivity index (χ1v) is 5.66. The summed E-state index contributed by atoms with van der Waals surface area (Å²) >= 11 is 0. The van der Waals surface area contributed by atoms with Crippen molar-refractivity contribution < 1.29 is 98.9 Å². The van der Waals surface area contributed by atoms with Gasteiger partial charge in [-0.1, -0.05) is 0 Å². The summed E-state index contributed by atoms with van der Waals surface area (Å²) in [6, 6.07) is 0. The Labute approximate surface area is 143 Å². The first-order chi connectivity index (χ1) is 9.93. The van der Waals surface area contributed by atoms with Crippen LogP contribution in [0.1, 0.15) is 1.43 Å². The third-order valence-electron chi connectivity index (χ3n) is 0.549. The first-order valence-electron chi connectivity index (χ1n) is 4.10. The van der Waals surface area contributed by atoms with Crippen LogP contribution in [0.2, 0.25) is 0 Å². The molecule has 0 aliphatic heterocycles. The van der Waals surface area contributed by atoms with Crippen molar-refractivity contribution in [2.45, 2.75) is 0 Å². The normalized spacial score (nSPS) is 7.96. The van der Waals surface area contributed by atoms with Crippen LogP contribution in [0.5, 0.6) is 0 Å². The first kappa shape index (κ1) is 33.2. The van der Waals surface area contributed by atoms with Gasteiger partial charge in [0.25, 0.3) is 0 Å². The van der Waals surface area contributed by atoms with Gasteiger partial charge < -0.3 is 46.7 Å². The van der Waals surface area contributed by atoms with Crippen molar-refractivity contribution in [3.8, 4) is 0 Å². The molecule has 0 saturated carbocycles. The van der Waals surface area contributed by atoms with Crippen LogP contribution >= 0.6 is 7.82 Å². The third-order valence-corrected chi connectivity index (χ3v) is 0.549. The molecule has 0 amide bonds. The monoisotopic (exact) mass is 376 g/mol. The second-order valence-corrected chi connectivity index (χ2v) is 3.37. The Bertz CT molecular complexity index is 407. The smallest absolute Gasteiger partial charge is 1.00 e. The second kappa shape index (κ2) is 16.9. The quantitative estimate of drug-likeness (QED) is 0.108. The van der Waals surface area contributed by atoms with E-state index in [1.165, 1.54) is 0 Å². The standard InChI is InChI=1S/3C2H2O4.Li.H3O4P.H/c3*3-1(4)2(5)6;;1-5(2,3)4;/h3*(H,3,4)(H,5,6);;(H3,1,2,3,4);/q;;;+1;;-1. The minimum absolute atomic E-state index is 0. The number of rotatable bonds is 0. The Hall–Kier alpha value is -2.47. The van der Waals surface area contributed by atoms with E-state index < -0.39 is 43.6 Å². The molecular weight excluding hydrogens is 366 g/mol. The average molecular weight is 376 g/mol. The van der Waals surface area contributed by atoms with Crippen molar-refractivity contribution in [3.63, 3.8) is 0 Å². The molecule has 0 bridgehead atoms. The molecule has 0 radical (unpaired) electrons. The van der Waals surface area contributed by atoms with Crippen molar-refractivity contribution in [2.24, 2.45) is 0 Å². The van der Waals surface area contributed by atoms with Gasteiger partial charge in [-0.05, 0) is 0 Å². The van der Waals surface area contributed by atoms with E-state index in [9.17, 15) is 0 Å². The topological polar surface area (TPSA) is 302 Å². The number of phosphoric acid groups is 1. The summed E-state index contributed by atoms with van der Waals surface area (Å²) in [5.74, 6) is -10.9. The van der Waals surface area contributed by atoms with Crippen LogP contribution in [0.4, 0.5) is 0 Å². The van der Waals surface area contributed by atoms with Crippen LogP contribution < -0.4 is 18.9 Å². The van der Waals surface area contributed by atoms with E-state index in [0.717, 1.165) is 0 Å². The van der Waals surface area contributed by atoms with Crippen molar-refractivity contribution >= 4 is 43.6 Å². The van der Waals surface area contributed by atoms with Gasteiger partial charge in [-0.2, -0.15) is 0 Å². The number of hydrogen-bond donors (Lipinski definition) is 9. The number of carboxylic acid groups (broad SMARTS) is 6. The summed E-state index contributed by atoms with van der Waals surface area (Å²) in [6.07, 6.45) is 0. The van der Waals surface area contributed by atoms with Crippen molar-refractivity contribution in [2.75, 3.05) is 0 Å². The number of carbonyl (C=O) groups is 6. The van der Waals surface area contributed by atoms with Crippen LogP contribution in [-0.4, -0.2) is 81.1 Å². The number of carboxylic acids is 6. The maximum absolute atomic E-state index is 9.10. The summed E-state index contributed by atoms with van der Waals surface area (Å²) in [5.41, 5.74) is 0. The Morgan fingerprint density at radius 2 is 0.542 bits per heavy atom. The van der Waals surface area contributed by atoms with Gasteiger partial charge in [0.15, 0.2) is 0 Å². The zero-order chi connectivity index (χ0) is 20.0. The molecule has 24 heavy (non-hydrogen) atoms. The van der Waals surface area contributed by atoms with Crippen molar-refractivity contribution in [1.29, 1.82) is 0 Å². The third kappa shape index (κ3) is 73.8. The molecule has 0 saturated heterocycles. The zero-order valence-corrected chi connectivity index (χ0v) is 12.2. The molecule has 136 valence electrons. The Morgan fingerprint density at radius 1 is 0.500 bits per heavy atom. The van der Waals surface area contributed by atoms with Crippen LogP contribution in [0.3, 0.4) is 0 Å². The van der Waals surface area contributed by atoms with E-state index in [0.29, 0.717) is 0 Å². The van der Waals surface area contributed by atoms with Gasteiger partial charge in [-0.15, -0.1) is 0 Å². The molecule has 0 heterocycles. The molecule has 0 aromatic carbocycles. The van der Waals surface area contributed by atoms with Crippen molar-refractivity contribution in [3.05, 3.63) is 0 Å². The fraction of sp³-hybridized carbons (Fsp3) is 0. The summed E-state index contributed by atoms with van der Waals surface area (Å²) in [6.45, 7) is 0. The van der Waals surface area contributed by atoms with Crippen LogP contribution in [-0.2, 0) is 33.3 Å². The molecular formula is C6H10LiO16P. The SMILES string of the molecule is O=C(O)C(=O)O.O=C(O)C(=O)O.O=C(O)C(=O)O.O=P(O)(O)O.[H-].[Li+]. The van der Waals surface area contributed by atoms with E-state index in [4.69, 9.17) is 78.7 Å². The van der Waals surface area contributed by atoms with Gasteiger partial charge in [0.2, 0.25) is 0 Å². The predicted molar refractivity (Wildman–Crippen MR) is 61.2 cm³/mol. The van der Waals surface area contributed by atoms with Gasteiger partial charge in [-0.3, -0.25) is 0 Å². The molecule has 0 unspecified atom stereocenters. The molecule has 0 atom stereocenters. The summed E-state index contributed by atoms with van der Waals surface area (Å²) in [7, 11) is -4.64. The molecule has 0 aromatic rings. The van der Waals surface area contributed by atoms with E-state index in [1.54, 1.807) is 0 Å². The molecule has 9 N–H and O–H groups in total. The number of hydrogen-bond acceptors (Lipinski definition) is 7. The van der Waals surface area contributed by atoms with E-state index in [-0.39, 0.29) is 20.3 Å². The van der Waals surface area contributed by atoms with Crippen molar-refractivity contribution in [1.82, 2.24) is 0 Å². The second-order valence-electron chi connectivity index (χ2n) is 2.34. The Balaban J connectivity index is -0.0000000470. The Morgan fingerprint density at radius 3 is 0.542 bits per heavy atom. The minimum Gasteiger partial charge on any atom is -1.00 e. The van der Waals surface area contributed by atoms with E-state index in [2.05, 4.69) is 0 Å². The van der Waals surface area contributed by atoms with Gasteiger partial charge in [-0.25, -0.2) is 33.3 Å². The van der Waals surface area contributed by atoms with Crippen LogP contribution in [0.25, 0.3) is 0 Å². The number of aliphatic carboxylic acids is 6. The fourth-order valence-corrected chi connectivity index (χ4v) is 0. The minimum atomic E-state index is -4.64. The van der Waals surface area contributed by atoms with Gasteiger partial charge in [0.05, 0.1) is 0 Å². The molecule has 16 nitrogen and oxygen atoms in total. The molecule has 0 rings (SSSR count). The van der Waals surface area contributed by atoms with Gasteiger partial charge in [0, 0.05) is 0 Å². The van der Waals surface area contributed by atoms with Gasteiger partial charge >= 0.3 is 62.5 Å².